The number of nitrogens with one attached hydrogen (secondary N) is 4. The van der Waals surface area contributed by atoms with Gasteiger partial charge in [-0.25, -0.2) is 4.98 Å². The lowest BCUT2D eigenvalue weighted by Gasteiger charge is -2.22. The van der Waals surface area contributed by atoms with Gasteiger partial charge in [-0.2, -0.15) is 0 Å². The highest BCUT2D eigenvalue weighted by atomic mass is 16.5. The molecule has 0 saturated carbocycles. The molecule has 10 nitrogen and oxygen atoms in total. The van der Waals surface area contributed by atoms with Gasteiger partial charge < -0.3 is 26.1 Å². The number of amides is 2. The van der Waals surface area contributed by atoms with Crippen LogP contribution in [-0.4, -0.2) is 51.2 Å². The van der Waals surface area contributed by atoms with Crippen LogP contribution in [0.5, 0.6) is 5.75 Å². The van der Waals surface area contributed by atoms with E-state index in [1.807, 2.05) is 52.8 Å². The van der Waals surface area contributed by atoms with Crippen molar-refractivity contribution in [3.05, 3.63) is 65.9 Å². The maximum atomic E-state index is 12.9. The number of aromatic nitrogens is 3. The van der Waals surface area contributed by atoms with Crippen molar-refractivity contribution in [2.45, 2.75) is 46.3 Å². The summed E-state index contributed by atoms with van der Waals surface area (Å²) >= 11 is 0. The van der Waals surface area contributed by atoms with Gasteiger partial charge in [-0.3, -0.25) is 19.6 Å². The molecule has 0 fully saturated rings. The van der Waals surface area contributed by atoms with Crippen molar-refractivity contribution < 1.29 is 14.3 Å². The van der Waals surface area contributed by atoms with Gasteiger partial charge in [0.25, 0.3) is 11.8 Å². The molecule has 2 aromatic heterocycles. The summed E-state index contributed by atoms with van der Waals surface area (Å²) in [6.07, 6.45) is 6.01. The molecule has 2 heterocycles. The van der Waals surface area contributed by atoms with Crippen molar-refractivity contribution >= 4 is 34.7 Å². The molecular weight excluding hydrogens is 458 g/mol. The average Bonchev–Trinajstić information content (AvgIpc) is 2.82. The molecule has 0 atom stereocenters. The molecule has 36 heavy (non-hydrogen) atoms. The summed E-state index contributed by atoms with van der Waals surface area (Å²) in [4.78, 5) is 38.2. The second-order valence-electron chi connectivity index (χ2n) is 9.37. The molecule has 0 aliphatic rings. The Morgan fingerprint density at radius 2 is 1.69 bits per heavy atom. The third-order valence-electron chi connectivity index (χ3n) is 4.64. The second kappa shape index (κ2) is 11.4. The largest absolute Gasteiger partial charge is 0.488 e. The molecule has 0 saturated heterocycles. The van der Waals surface area contributed by atoms with Crippen molar-refractivity contribution in [2.24, 2.45) is 0 Å². The molecule has 0 bridgehead atoms. The predicted octanol–water partition coefficient (Wildman–Crippen LogP) is 3.72. The highest BCUT2D eigenvalue weighted by Gasteiger charge is 2.19. The first-order chi connectivity index (χ1) is 17.0. The van der Waals surface area contributed by atoms with Crippen LogP contribution in [0.3, 0.4) is 0 Å². The Morgan fingerprint density at radius 3 is 2.33 bits per heavy atom. The Balaban J connectivity index is 1.74. The third-order valence-corrected chi connectivity index (χ3v) is 4.64. The number of hydrogen-bond acceptors (Lipinski definition) is 8. The van der Waals surface area contributed by atoms with Crippen LogP contribution < -0.4 is 20.7 Å². The van der Waals surface area contributed by atoms with Crippen molar-refractivity contribution in [2.75, 3.05) is 11.9 Å². The summed E-state index contributed by atoms with van der Waals surface area (Å²) in [5.41, 5.74) is 2.39. The monoisotopic (exact) mass is 489 g/mol. The van der Waals surface area contributed by atoms with Crippen LogP contribution >= 0.6 is 0 Å². The number of nitrogens with zero attached hydrogens (tertiary/aromatic N) is 3. The van der Waals surface area contributed by atoms with E-state index in [4.69, 9.17) is 10.1 Å². The van der Waals surface area contributed by atoms with Gasteiger partial charge in [0.1, 0.15) is 22.7 Å². The van der Waals surface area contributed by atoms with E-state index in [1.54, 1.807) is 18.6 Å². The van der Waals surface area contributed by atoms with E-state index in [9.17, 15) is 9.59 Å². The fraction of sp³-hybridized carbons (Fsp3) is 0.308. The Morgan fingerprint density at radius 1 is 1.03 bits per heavy atom. The van der Waals surface area contributed by atoms with Crippen LogP contribution in [0.1, 0.15) is 55.6 Å². The summed E-state index contributed by atoms with van der Waals surface area (Å²) < 4.78 is 5.89. The number of pyridine rings is 1. The maximum Gasteiger partial charge on any atom is 0.270 e. The van der Waals surface area contributed by atoms with Gasteiger partial charge >= 0.3 is 0 Å². The molecule has 0 aliphatic heterocycles. The highest BCUT2D eigenvalue weighted by molar-refractivity contribution is 5.97. The van der Waals surface area contributed by atoms with Gasteiger partial charge in [-0.05, 0) is 52.8 Å². The van der Waals surface area contributed by atoms with Gasteiger partial charge in [0.15, 0.2) is 0 Å². The quantitative estimate of drug-likeness (QED) is 0.336. The fourth-order valence-electron chi connectivity index (χ4n) is 3.13. The van der Waals surface area contributed by atoms with Gasteiger partial charge in [-0.15, -0.1) is 0 Å². The lowest BCUT2D eigenvalue weighted by atomic mass is 10.2. The number of carbonyl (C=O) groups is 2. The highest BCUT2D eigenvalue weighted by Crippen LogP contribution is 2.21. The minimum Gasteiger partial charge on any atom is -0.488 e. The van der Waals surface area contributed by atoms with Crippen molar-refractivity contribution in [1.29, 1.82) is 5.41 Å². The number of hydrogen-bond donors (Lipinski definition) is 4. The van der Waals surface area contributed by atoms with Crippen molar-refractivity contribution in [3.63, 3.8) is 0 Å². The van der Waals surface area contributed by atoms with Gasteiger partial charge in [0.05, 0.1) is 11.0 Å². The summed E-state index contributed by atoms with van der Waals surface area (Å²) in [6.45, 7) is 9.37. The third kappa shape index (κ3) is 7.59. The number of fused-ring (bicyclic) bond motifs is 1. The zero-order valence-corrected chi connectivity index (χ0v) is 21.0. The van der Waals surface area contributed by atoms with E-state index in [0.29, 0.717) is 11.3 Å². The van der Waals surface area contributed by atoms with Crippen LogP contribution in [0.15, 0.2) is 54.5 Å². The molecule has 188 valence electrons. The van der Waals surface area contributed by atoms with Crippen LogP contribution in [0, 0.1) is 5.41 Å². The van der Waals surface area contributed by atoms with Crippen LogP contribution in [0.25, 0.3) is 11.0 Å². The summed E-state index contributed by atoms with van der Waals surface area (Å²) in [7, 11) is 0. The van der Waals surface area contributed by atoms with E-state index in [1.165, 1.54) is 12.1 Å². The van der Waals surface area contributed by atoms with E-state index >= 15 is 0 Å². The van der Waals surface area contributed by atoms with Crippen LogP contribution in [0.2, 0.25) is 0 Å². The summed E-state index contributed by atoms with van der Waals surface area (Å²) in [5, 5.41) is 16.3. The Bertz CT molecular complexity index is 1300. The average molecular weight is 490 g/mol. The molecule has 2 amide bonds. The number of rotatable bonds is 9. The molecule has 0 aliphatic carbocycles. The molecule has 3 aromatic rings. The number of benzene rings is 1. The first kappa shape index (κ1) is 26.3. The molecule has 0 spiro atoms. The van der Waals surface area contributed by atoms with E-state index < -0.39 is 17.4 Å². The molecule has 4 N–H and O–H groups in total. The Labute approximate surface area is 210 Å². The Hall–Kier alpha value is -4.34. The summed E-state index contributed by atoms with van der Waals surface area (Å²) in [6, 6.07) is 8.45. The van der Waals surface area contributed by atoms with Crippen LogP contribution in [-0.2, 0) is 0 Å². The van der Waals surface area contributed by atoms with E-state index in [-0.39, 0.29) is 24.0 Å². The lowest BCUT2D eigenvalue weighted by molar-refractivity contribution is 0.0931. The van der Waals surface area contributed by atoms with Gasteiger partial charge in [0, 0.05) is 60.8 Å². The zero-order chi connectivity index (χ0) is 26.3. The second-order valence-corrected chi connectivity index (χ2v) is 9.37. The molecule has 3 rings (SSSR count). The van der Waals surface area contributed by atoms with E-state index in [0.717, 1.165) is 22.9 Å². The molecular formula is C26H31N7O3. The molecule has 10 heteroatoms. The first-order valence-corrected chi connectivity index (χ1v) is 11.5. The topological polar surface area (TPSA) is 142 Å². The number of ether oxygens (including phenoxy) is 1. The van der Waals surface area contributed by atoms with Crippen molar-refractivity contribution in [3.8, 4) is 5.75 Å². The number of anilines is 1. The minimum absolute atomic E-state index is 0.0380. The normalized spacial score (nSPS) is 11.8. The van der Waals surface area contributed by atoms with Crippen LogP contribution in [0.4, 0.5) is 5.69 Å². The van der Waals surface area contributed by atoms with Gasteiger partial charge in [-0.1, -0.05) is 0 Å². The standard InChI is InChI=1S/C26H31N7O3/c1-16(2)32-25(35)23-12-19(36-26(3,4)5)11-22(33-23)24(34)31-15-17(13-27)14-30-18-6-7-20-21(10-18)29-9-8-28-20/h6-14,16,27,30H,15H2,1-5H3,(H,31,34)(H,32,35)/b17-14+,27-13?. The smallest absolute Gasteiger partial charge is 0.270 e. The minimum atomic E-state index is -0.531. The fourth-order valence-corrected chi connectivity index (χ4v) is 3.13. The molecule has 1 aromatic carbocycles. The SMILES string of the molecule is CC(C)NC(=O)c1cc(OC(C)(C)C)cc(C(=O)NC/C(C=N)=C/Nc2ccc3nccnc3c2)n1. The number of carbonyl (C=O) groups excluding carboxylic acids is 2. The predicted molar refractivity (Wildman–Crippen MR) is 140 cm³/mol. The van der Waals surface area contributed by atoms with Gasteiger partial charge in [0.2, 0.25) is 0 Å². The molecule has 0 radical (unpaired) electrons. The Kier molecular flexibility index (Phi) is 8.31. The lowest BCUT2D eigenvalue weighted by Crippen LogP contribution is -2.32. The zero-order valence-electron chi connectivity index (χ0n) is 21.0. The first-order valence-electron chi connectivity index (χ1n) is 11.5. The molecule has 0 unspecified atom stereocenters. The van der Waals surface area contributed by atoms with E-state index in [2.05, 4.69) is 30.9 Å². The van der Waals surface area contributed by atoms with Crippen molar-refractivity contribution in [1.82, 2.24) is 25.6 Å². The summed E-state index contributed by atoms with van der Waals surface area (Å²) in [5.74, 6) is -0.537. The maximum absolute atomic E-state index is 12.9.